The molecule has 146 valence electrons. The third kappa shape index (κ3) is 4.25. The maximum Gasteiger partial charge on any atom is 0.249 e. The van der Waals surface area contributed by atoms with Crippen LogP contribution in [0, 0.1) is 6.92 Å². The molecule has 2 heterocycles. The van der Waals surface area contributed by atoms with E-state index in [2.05, 4.69) is 59.3 Å². The van der Waals surface area contributed by atoms with Crippen molar-refractivity contribution in [1.29, 1.82) is 0 Å². The molecule has 5 heteroatoms. The van der Waals surface area contributed by atoms with Gasteiger partial charge in [-0.3, -0.25) is 4.79 Å². The number of nitrogens with one attached hydrogen (secondary N) is 1. The van der Waals surface area contributed by atoms with Crippen molar-refractivity contribution in [3.05, 3.63) is 65.5 Å². The fraction of sp³-hybridized carbons (Fsp3) is 0.391. The zero-order chi connectivity index (χ0) is 19.3. The summed E-state index contributed by atoms with van der Waals surface area (Å²) in [5.74, 6) is 1.08. The second kappa shape index (κ2) is 8.57. The van der Waals surface area contributed by atoms with Gasteiger partial charge in [-0.25, -0.2) is 4.98 Å². The van der Waals surface area contributed by atoms with Gasteiger partial charge in [-0.1, -0.05) is 42.0 Å². The van der Waals surface area contributed by atoms with Gasteiger partial charge in [-0.15, -0.1) is 0 Å². The van der Waals surface area contributed by atoms with Gasteiger partial charge in [0, 0.05) is 26.1 Å². The monoisotopic (exact) mass is 377 g/mol. The number of amides is 1. The number of para-hydroxylation sites is 2. The van der Waals surface area contributed by atoms with Crippen LogP contribution >= 0.6 is 0 Å². The highest BCUT2D eigenvalue weighted by Crippen LogP contribution is 2.19. The molecule has 1 aromatic heterocycles. The Hall–Kier alpha value is -2.66. The van der Waals surface area contributed by atoms with Crippen LogP contribution in [0.4, 0.5) is 0 Å². The minimum Gasteiger partial charge on any atom is -0.368 e. The van der Waals surface area contributed by atoms with Crippen molar-refractivity contribution in [2.45, 2.75) is 45.3 Å². The van der Waals surface area contributed by atoms with Crippen molar-refractivity contribution in [3.63, 3.8) is 0 Å². The Labute approximate surface area is 165 Å². The van der Waals surface area contributed by atoms with Crippen LogP contribution in [-0.2, 0) is 22.5 Å². The minimum absolute atomic E-state index is 0.0191. The molecule has 0 saturated carbocycles. The standard InChI is InChI=1S/C23H27N3O2/c1-17-10-12-18(13-11-17)16-26-20-7-3-2-6-19(20)25-22(26)9-4-14-24-23(27)21-8-5-15-28-21/h2-3,6-7,10-13,21H,4-5,8-9,14-16H2,1H3,(H,24,27). The molecule has 0 radical (unpaired) electrons. The molecule has 1 aliphatic rings. The first-order valence-corrected chi connectivity index (χ1v) is 10.1. The number of carbonyl (C=O) groups excluding carboxylic acids is 1. The summed E-state index contributed by atoms with van der Waals surface area (Å²) in [5, 5.41) is 3.00. The van der Waals surface area contributed by atoms with Crippen LogP contribution in [0.25, 0.3) is 11.0 Å². The van der Waals surface area contributed by atoms with Crippen molar-refractivity contribution >= 4 is 16.9 Å². The SMILES string of the molecule is Cc1ccc(Cn2c(CCCNC(=O)C3CCCO3)nc3ccccc32)cc1. The molecule has 5 nitrogen and oxygen atoms in total. The fourth-order valence-electron chi connectivity index (χ4n) is 3.73. The van der Waals surface area contributed by atoms with Gasteiger partial charge in [0.15, 0.2) is 0 Å². The van der Waals surface area contributed by atoms with Crippen molar-refractivity contribution < 1.29 is 9.53 Å². The number of carbonyl (C=O) groups is 1. The summed E-state index contributed by atoms with van der Waals surface area (Å²) >= 11 is 0. The lowest BCUT2D eigenvalue weighted by atomic mass is 10.1. The summed E-state index contributed by atoms with van der Waals surface area (Å²) in [6.07, 6.45) is 3.23. The average molecular weight is 377 g/mol. The molecule has 1 atom stereocenters. The summed E-state index contributed by atoms with van der Waals surface area (Å²) in [4.78, 5) is 16.9. The van der Waals surface area contributed by atoms with Crippen molar-refractivity contribution in [3.8, 4) is 0 Å². The van der Waals surface area contributed by atoms with Gasteiger partial charge < -0.3 is 14.6 Å². The van der Waals surface area contributed by atoms with E-state index < -0.39 is 0 Å². The van der Waals surface area contributed by atoms with Crippen LogP contribution < -0.4 is 5.32 Å². The van der Waals surface area contributed by atoms with E-state index in [0.29, 0.717) is 13.2 Å². The second-order valence-corrected chi connectivity index (χ2v) is 7.48. The molecule has 1 saturated heterocycles. The molecule has 28 heavy (non-hydrogen) atoms. The molecule has 1 unspecified atom stereocenters. The van der Waals surface area contributed by atoms with Gasteiger partial charge in [-0.05, 0) is 43.9 Å². The highest BCUT2D eigenvalue weighted by molar-refractivity contribution is 5.80. The smallest absolute Gasteiger partial charge is 0.249 e. The third-order valence-electron chi connectivity index (χ3n) is 5.29. The topological polar surface area (TPSA) is 56.2 Å². The Kier molecular flexibility index (Phi) is 5.72. The number of ether oxygens (including phenoxy) is 1. The first-order chi connectivity index (χ1) is 13.7. The summed E-state index contributed by atoms with van der Waals surface area (Å²) in [6, 6.07) is 16.9. The summed E-state index contributed by atoms with van der Waals surface area (Å²) in [5.41, 5.74) is 4.71. The zero-order valence-electron chi connectivity index (χ0n) is 16.4. The number of rotatable bonds is 7. The molecule has 0 bridgehead atoms. The quantitative estimate of drug-likeness (QED) is 0.640. The lowest BCUT2D eigenvalue weighted by molar-refractivity contribution is -0.130. The predicted molar refractivity (Wildman–Crippen MR) is 110 cm³/mol. The Morgan fingerprint density at radius 2 is 2.04 bits per heavy atom. The lowest BCUT2D eigenvalue weighted by Crippen LogP contribution is -2.34. The van der Waals surface area contributed by atoms with E-state index in [9.17, 15) is 4.79 Å². The van der Waals surface area contributed by atoms with Gasteiger partial charge in [0.05, 0.1) is 11.0 Å². The molecule has 1 aliphatic heterocycles. The van der Waals surface area contributed by atoms with E-state index >= 15 is 0 Å². The van der Waals surface area contributed by atoms with E-state index in [1.807, 2.05) is 6.07 Å². The molecule has 0 spiro atoms. The fourth-order valence-corrected chi connectivity index (χ4v) is 3.73. The number of aromatic nitrogens is 2. The molecular formula is C23H27N3O2. The normalized spacial score (nSPS) is 16.5. The van der Waals surface area contributed by atoms with E-state index in [4.69, 9.17) is 9.72 Å². The van der Waals surface area contributed by atoms with Gasteiger partial charge in [0.2, 0.25) is 5.91 Å². The predicted octanol–water partition coefficient (Wildman–Crippen LogP) is 3.62. The molecule has 1 amide bonds. The maximum atomic E-state index is 12.1. The number of benzene rings is 2. The van der Waals surface area contributed by atoms with Gasteiger partial charge >= 0.3 is 0 Å². The Morgan fingerprint density at radius 3 is 2.82 bits per heavy atom. The maximum absolute atomic E-state index is 12.1. The number of hydrogen-bond acceptors (Lipinski definition) is 3. The van der Waals surface area contributed by atoms with Gasteiger partial charge in [-0.2, -0.15) is 0 Å². The lowest BCUT2D eigenvalue weighted by Gasteiger charge is -2.12. The number of nitrogens with zero attached hydrogens (tertiary/aromatic N) is 2. The van der Waals surface area contributed by atoms with Crippen LogP contribution in [0.15, 0.2) is 48.5 Å². The van der Waals surface area contributed by atoms with Gasteiger partial charge in [0.25, 0.3) is 0 Å². The van der Waals surface area contributed by atoms with Crippen LogP contribution in [0.3, 0.4) is 0 Å². The first-order valence-electron chi connectivity index (χ1n) is 10.1. The van der Waals surface area contributed by atoms with Crippen molar-refractivity contribution in [1.82, 2.24) is 14.9 Å². The Morgan fingerprint density at radius 1 is 1.21 bits per heavy atom. The number of aryl methyl sites for hydroxylation is 2. The molecule has 0 aliphatic carbocycles. The van der Waals surface area contributed by atoms with Crippen LogP contribution in [0.2, 0.25) is 0 Å². The first kappa shape index (κ1) is 18.7. The van der Waals surface area contributed by atoms with Crippen molar-refractivity contribution in [2.75, 3.05) is 13.2 Å². The van der Waals surface area contributed by atoms with E-state index in [1.165, 1.54) is 11.1 Å². The van der Waals surface area contributed by atoms with Crippen LogP contribution in [0.1, 0.15) is 36.2 Å². The molecule has 1 fully saturated rings. The zero-order valence-corrected chi connectivity index (χ0v) is 16.4. The third-order valence-corrected chi connectivity index (χ3v) is 5.29. The number of hydrogen-bond donors (Lipinski definition) is 1. The number of fused-ring (bicyclic) bond motifs is 1. The molecule has 4 rings (SSSR count). The van der Waals surface area contributed by atoms with E-state index in [0.717, 1.165) is 49.1 Å². The molecule has 3 aromatic rings. The highest BCUT2D eigenvalue weighted by Gasteiger charge is 2.22. The Balaban J connectivity index is 1.43. The number of imidazole rings is 1. The Bertz CT molecular complexity index is 940. The molecule has 2 aromatic carbocycles. The second-order valence-electron chi connectivity index (χ2n) is 7.48. The van der Waals surface area contributed by atoms with E-state index in [1.54, 1.807) is 0 Å². The average Bonchev–Trinajstić information content (AvgIpc) is 3.36. The minimum atomic E-state index is -0.258. The van der Waals surface area contributed by atoms with Gasteiger partial charge in [0.1, 0.15) is 11.9 Å². The summed E-state index contributed by atoms with van der Waals surface area (Å²) in [7, 11) is 0. The van der Waals surface area contributed by atoms with Crippen LogP contribution in [-0.4, -0.2) is 34.7 Å². The summed E-state index contributed by atoms with van der Waals surface area (Å²) in [6.45, 7) is 4.25. The molecular weight excluding hydrogens is 350 g/mol. The highest BCUT2D eigenvalue weighted by atomic mass is 16.5. The van der Waals surface area contributed by atoms with Crippen LogP contribution in [0.5, 0.6) is 0 Å². The molecule has 1 N–H and O–H groups in total. The summed E-state index contributed by atoms with van der Waals surface area (Å²) < 4.78 is 7.73. The van der Waals surface area contributed by atoms with E-state index in [-0.39, 0.29) is 12.0 Å². The largest absolute Gasteiger partial charge is 0.368 e. The van der Waals surface area contributed by atoms with Crippen molar-refractivity contribution in [2.24, 2.45) is 0 Å².